The lowest BCUT2D eigenvalue weighted by Crippen LogP contribution is -2.38. The third kappa shape index (κ3) is 2.51. The summed E-state index contributed by atoms with van der Waals surface area (Å²) in [6, 6.07) is 0. The first kappa shape index (κ1) is 14.8. The minimum atomic E-state index is -0.895. The van der Waals surface area contributed by atoms with Crippen LogP contribution in [-0.4, -0.2) is 58.9 Å². The van der Waals surface area contributed by atoms with E-state index in [9.17, 15) is 14.4 Å². The second-order valence-corrected chi connectivity index (χ2v) is 6.30. The van der Waals surface area contributed by atoms with Gasteiger partial charge in [-0.05, 0) is 11.8 Å². The van der Waals surface area contributed by atoms with Crippen LogP contribution in [0, 0.1) is 17.3 Å². The van der Waals surface area contributed by atoms with Crippen molar-refractivity contribution in [2.45, 2.75) is 27.2 Å². The molecule has 2 amide bonds. The standard InChI is InChI=1S/C14H22N2O4/c1-9(17)15-5-4-6-16(8-7-15)12(18)10-11(13(19)20)14(10,2)3/h10-11H,4-8H2,1-3H3,(H,19,20). The zero-order valence-electron chi connectivity index (χ0n) is 12.3. The number of carboxylic acid groups (broad SMARTS) is 1. The molecule has 112 valence electrons. The molecule has 1 aliphatic heterocycles. The number of carbonyl (C=O) groups excluding carboxylic acids is 2. The molecule has 6 heteroatoms. The Morgan fingerprint density at radius 3 is 2.05 bits per heavy atom. The van der Waals surface area contributed by atoms with Crippen molar-refractivity contribution in [3.8, 4) is 0 Å². The average Bonchev–Trinajstić information content (AvgIpc) is 2.99. The van der Waals surface area contributed by atoms with Crippen molar-refractivity contribution < 1.29 is 19.5 Å². The van der Waals surface area contributed by atoms with Gasteiger partial charge in [0.05, 0.1) is 11.8 Å². The molecular formula is C14H22N2O4. The van der Waals surface area contributed by atoms with E-state index in [2.05, 4.69) is 0 Å². The molecule has 0 aromatic rings. The topological polar surface area (TPSA) is 77.9 Å². The third-order valence-electron chi connectivity index (χ3n) is 4.61. The van der Waals surface area contributed by atoms with Gasteiger partial charge in [0.1, 0.15) is 0 Å². The Morgan fingerprint density at radius 2 is 1.55 bits per heavy atom. The van der Waals surface area contributed by atoms with Crippen LogP contribution in [0.25, 0.3) is 0 Å². The first-order valence-corrected chi connectivity index (χ1v) is 7.04. The van der Waals surface area contributed by atoms with Gasteiger partial charge >= 0.3 is 5.97 Å². The van der Waals surface area contributed by atoms with E-state index in [0.717, 1.165) is 6.42 Å². The van der Waals surface area contributed by atoms with Gasteiger partial charge in [0.25, 0.3) is 0 Å². The molecule has 1 heterocycles. The lowest BCUT2D eigenvalue weighted by atomic mass is 10.1. The summed E-state index contributed by atoms with van der Waals surface area (Å²) in [5.74, 6) is -1.96. The van der Waals surface area contributed by atoms with E-state index >= 15 is 0 Å². The Morgan fingerprint density at radius 1 is 1.00 bits per heavy atom. The van der Waals surface area contributed by atoms with E-state index < -0.39 is 23.2 Å². The van der Waals surface area contributed by atoms with Gasteiger partial charge in [-0.15, -0.1) is 0 Å². The first-order chi connectivity index (χ1) is 9.26. The van der Waals surface area contributed by atoms with E-state index in [-0.39, 0.29) is 11.8 Å². The fourth-order valence-electron chi connectivity index (χ4n) is 3.21. The predicted molar refractivity (Wildman–Crippen MR) is 71.8 cm³/mol. The third-order valence-corrected chi connectivity index (χ3v) is 4.61. The Balaban J connectivity index is 2.01. The second-order valence-electron chi connectivity index (χ2n) is 6.30. The van der Waals surface area contributed by atoms with E-state index in [0.29, 0.717) is 26.2 Å². The summed E-state index contributed by atoms with van der Waals surface area (Å²) in [7, 11) is 0. The summed E-state index contributed by atoms with van der Waals surface area (Å²) in [4.78, 5) is 38.5. The van der Waals surface area contributed by atoms with Crippen LogP contribution in [0.3, 0.4) is 0 Å². The molecule has 2 atom stereocenters. The molecule has 1 N–H and O–H groups in total. The lowest BCUT2D eigenvalue weighted by Gasteiger charge is -2.22. The molecule has 2 fully saturated rings. The van der Waals surface area contributed by atoms with Crippen molar-refractivity contribution in [3.05, 3.63) is 0 Å². The normalized spacial score (nSPS) is 28.8. The highest BCUT2D eigenvalue weighted by Gasteiger charge is 2.66. The molecule has 2 aliphatic rings. The van der Waals surface area contributed by atoms with E-state index in [1.165, 1.54) is 6.92 Å². The Kier molecular flexibility index (Phi) is 3.75. The molecule has 0 aromatic carbocycles. The highest BCUT2D eigenvalue weighted by atomic mass is 16.4. The zero-order chi connectivity index (χ0) is 15.1. The van der Waals surface area contributed by atoms with Gasteiger partial charge in [-0.1, -0.05) is 13.8 Å². The molecule has 1 saturated carbocycles. The fourth-order valence-corrected chi connectivity index (χ4v) is 3.21. The molecule has 2 rings (SSSR count). The number of carboxylic acids is 1. The van der Waals surface area contributed by atoms with Gasteiger partial charge in [0.15, 0.2) is 0 Å². The van der Waals surface area contributed by atoms with Crippen LogP contribution in [0.4, 0.5) is 0 Å². The van der Waals surface area contributed by atoms with Crippen LogP contribution in [0.15, 0.2) is 0 Å². The predicted octanol–water partition coefficient (Wildman–Crippen LogP) is 0.424. The number of rotatable bonds is 2. The summed E-state index contributed by atoms with van der Waals surface area (Å²) in [5, 5.41) is 9.15. The molecule has 6 nitrogen and oxygen atoms in total. The fraction of sp³-hybridized carbons (Fsp3) is 0.786. The maximum absolute atomic E-state index is 12.5. The van der Waals surface area contributed by atoms with Crippen LogP contribution in [-0.2, 0) is 14.4 Å². The smallest absolute Gasteiger partial charge is 0.307 e. The van der Waals surface area contributed by atoms with Crippen LogP contribution >= 0.6 is 0 Å². The number of amides is 2. The van der Waals surface area contributed by atoms with Gasteiger partial charge in [-0.2, -0.15) is 0 Å². The zero-order valence-corrected chi connectivity index (χ0v) is 12.3. The summed E-state index contributed by atoms with van der Waals surface area (Å²) in [6.45, 7) is 7.48. The number of hydrogen-bond acceptors (Lipinski definition) is 3. The lowest BCUT2D eigenvalue weighted by molar-refractivity contribution is -0.142. The van der Waals surface area contributed by atoms with Crippen molar-refractivity contribution in [2.75, 3.05) is 26.2 Å². The Bertz CT molecular complexity index is 446. The van der Waals surface area contributed by atoms with Crippen molar-refractivity contribution in [3.63, 3.8) is 0 Å². The van der Waals surface area contributed by atoms with Crippen LogP contribution in [0.5, 0.6) is 0 Å². The van der Waals surface area contributed by atoms with Crippen molar-refractivity contribution in [1.29, 1.82) is 0 Å². The van der Waals surface area contributed by atoms with Crippen molar-refractivity contribution >= 4 is 17.8 Å². The summed E-state index contributed by atoms with van der Waals surface area (Å²) < 4.78 is 0. The van der Waals surface area contributed by atoms with Gasteiger partial charge in [-0.25, -0.2) is 0 Å². The molecule has 0 spiro atoms. The molecule has 20 heavy (non-hydrogen) atoms. The van der Waals surface area contributed by atoms with Crippen LogP contribution in [0.2, 0.25) is 0 Å². The SMILES string of the molecule is CC(=O)N1CCCN(C(=O)C2C(C(=O)O)C2(C)C)CC1. The highest BCUT2D eigenvalue weighted by molar-refractivity contribution is 5.91. The number of hydrogen-bond donors (Lipinski definition) is 1. The summed E-state index contributed by atoms with van der Waals surface area (Å²) >= 11 is 0. The maximum atomic E-state index is 12.5. The molecule has 0 aromatic heterocycles. The summed E-state index contributed by atoms with van der Waals surface area (Å²) in [6.07, 6.45) is 0.746. The number of nitrogens with zero attached hydrogens (tertiary/aromatic N) is 2. The van der Waals surface area contributed by atoms with Crippen LogP contribution in [0.1, 0.15) is 27.2 Å². The minimum absolute atomic E-state index is 0.0227. The quantitative estimate of drug-likeness (QED) is 0.796. The Labute approximate surface area is 118 Å². The van der Waals surface area contributed by atoms with E-state index in [1.807, 2.05) is 13.8 Å². The van der Waals surface area contributed by atoms with E-state index in [1.54, 1.807) is 9.80 Å². The van der Waals surface area contributed by atoms with Crippen LogP contribution < -0.4 is 0 Å². The van der Waals surface area contributed by atoms with Gasteiger partial charge in [0, 0.05) is 33.1 Å². The van der Waals surface area contributed by atoms with Gasteiger partial charge in [0.2, 0.25) is 11.8 Å². The molecular weight excluding hydrogens is 260 g/mol. The van der Waals surface area contributed by atoms with Gasteiger partial charge in [-0.3, -0.25) is 14.4 Å². The van der Waals surface area contributed by atoms with Crippen molar-refractivity contribution in [1.82, 2.24) is 9.80 Å². The monoisotopic (exact) mass is 282 g/mol. The van der Waals surface area contributed by atoms with Crippen molar-refractivity contribution in [2.24, 2.45) is 17.3 Å². The molecule has 0 bridgehead atoms. The minimum Gasteiger partial charge on any atom is -0.481 e. The Hall–Kier alpha value is -1.59. The number of carbonyl (C=O) groups is 3. The maximum Gasteiger partial charge on any atom is 0.307 e. The first-order valence-electron chi connectivity index (χ1n) is 7.04. The largest absolute Gasteiger partial charge is 0.481 e. The van der Waals surface area contributed by atoms with E-state index in [4.69, 9.17) is 5.11 Å². The van der Waals surface area contributed by atoms with Gasteiger partial charge < -0.3 is 14.9 Å². The second kappa shape index (κ2) is 5.07. The molecule has 1 saturated heterocycles. The molecule has 1 aliphatic carbocycles. The molecule has 0 radical (unpaired) electrons. The number of aliphatic carboxylic acids is 1. The average molecular weight is 282 g/mol. The highest BCUT2D eigenvalue weighted by Crippen LogP contribution is 2.59. The summed E-state index contributed by atoms with van der Waals surface area (Å²) in [5.41, 5.74) is -0.463. The molecule has 2 unspecified atom stereocenters.